The van der Waals surface area contributed by atoms with Crippen molar-refractivity contribution in [3.63, 3.8) is 0 Å². The lowest BCUT2D eigenvalue weighted by molar-refractivity contribution is 0.398. The third-order valence-corrected chi connectivity index (χ3v) is 2.45. The lowest BCUT2D eigenvalue weighted by Crippen LogP contribution is -1.88. The average Bonchev–Trinajstić information content (AvgIpc) is 2.39. The Labute approximate surface area is 95.1 Å². The molecule has 0 aliphatic heterocycles. The Kier molecular flexibility index (Phi) is 3.05. The van der Waals surface area contributed by atoms with Crippen molar-refractivity contribution in [1.82, 2.24) is 4.98 Å². The van der Waals surface area contributed by atoms with Crippen molar-refractivity contribution < 1.29 is 4.74 Å². The molecule has 0 radical (unpaired) electrons. The summed E-state index contributed by atoms with van der Waals surface area (Å²) in [6, 6.07) is 12.1. The van der Waals surface area contributed by atoms with Gasteiger partial charge in [0, 0.05) is 30.6 Å². The Morgan fingerprint density at radius 1 is 1.00 bits per heavy atom. The van der Waals surface area contributed by atoms with Crippen molar-refractivity contribution in [3.8, 4) is 17.0 Å². The number of nitrogens with zero attached hydrogens (tertiary/aromatic N) is 1. The van der Waals surface area contributed by atoms with Gasteiger partial charge >= 0.3 is 0 Å². The zero-order valence-corrected chi connectivity index (χ0v) is 9.40. The summed E-state index contributed by atoms with van der Waals surface area (Å²) >= 11 is 0. The number of ether oxygens (including phenoxy) is 1. The molecule has 3 nitrogen and oxygen atoms in total. The number of methoxy groups -OCH3 is 1. The van der Waals surface area contributed by atoms with Gasteiger partial charge in [-0.25, -0.2) is 4.98 Å². The standard InChI is InChI=1S/C13H14N2O/c1-14-12-6-3-10(4-7-12)11-5-8-13(16-2)15-9-11/h3-9,14H,1-2H3. The Morgan fingerprint density at radius 2 is 1.69 bits per heavy atom. The number of nitrogens with one attached hydrogen (secondary N) is 1. The summed E-state index contributed by atoms with van der Waals surface area (Å²) in [5, 5.41) is 3.09. The molecule has 1 aromatic carbocycles. The normalized spacial score (nSPS) is 9.88. The summed E-state index contributed by atoms with van der Waals surface area (Å²) in [6.07, 6.45) is 1.81. The van der Waals surface area contributed by atoms with Crippen LogP contribution < -0.4 is 10.1 Å². The van der Waals surface area contributed by atoms with Crippen molar-refractivity contribution in [1.29, 1.82) is 0 Å². The monoisotopic (exact) mass is 214 g/mol. The number of pyridine rings is 1. The lowest BCUT2D eigenvalue weighted by atomic mass is 10.1. The Balaban J connectivity index is 2.28. The third kappa shape index (κ3) is 2.14. The minimum atomic E-state index is 0.635. The lowest BCUT2D eigenvalue weighted by Gasteiger charge is -2.04. The van der Waals surface area contributed by atoms with Crippen molar-refractivity contribution in [2.24, 2.45) is 0 Å². The molecule has 0 spiro atoms. The van der Waals surface area contributed by atoms with Gasteiger partial charge in [-0.05, 0) is 23.8 Å². The zero-order chi connectivity index (χ0) is 11.4. The van der Waals surface area contributed by atoms with E-state index in [1.54, 1.807) is 7.11 Å². The summed E-state index contributed by atoms with van der Waals surface area (Å²) in [5.41, 5.74) is 3.34. The third-order valence-electron chi connectivity index (χ3n) is 2.45. The molecule has 0 amide bonds. The molecule has 0 saturated carbocycles. The van der Waals surface area contributed by atoms with Gasteiger partial charge in [0.1, 0.15) is 0 Å². The Bertz CT molecular complexity index is 403. The molecular formula is C13H14N2O. The fourth-order valence-electron chi connectivity index (χ4n) is 1.50. The highest BCUT2D eigenvalue weighted by molar-refractivity contribution is 5.65. The minimum absolute atomic E-state index is 0.635. The van der Waals surface area contributed by atoms with E-state index >= 15 is 0 Å². The fraction of sp³-hybridized carbons (Fsp3) is 0.154. The van der Waals surface area contributed by atoms with E-state index in [9.17, 15) is 0 Å². The van der Waals surface area contributed by atoms with Gasteiger partial charge in [0.2, 0.25) is 5.88 Å². The van der Waals surface area contributed by atoms with E-state index in [1.807, 2.05) is 37.5 Å². The van der Waals surface area contributed by atoms with Crippen LogP contribution in [-0.2, 0) is 0 Å². The van der Waals surface area contributed by atoms with Crippen molar-refractivity contribution in [2.45, 2.75) is 0 Å². The summed E-state index contributed by atoms with van der Waals surface area (Å²) in [4.78, 5) is 4.18. The topological polar surface area (TPSA) is 34.1 Å². The highest BCUT2D eigenvalue weighted by Crippen LogP contribution is 2.21. The fourth-order valence-corrected chi connectivity index (χ4v) is 1.50. The molecule has 2 aromatic rings. The van der Waals surface area contributed by atoms with E-state index in [4.69, 9.17) is 4.74 Å². The average molecular weight is 214 g/mol. The highest BCUT2D eigenvalue weighted by Gasteiger charge is 1.98. The molecule has 16 heavy (non-hydrogen) atoms. The minimum Gasteiger partial charge on any atom is -0.481 e. The zero-order valence-electron chi connectivity index (χ0n) is 9.40. The van der Waals surface area contributed by atoms with Gasteiger partial charge in [-0.1, -0.05) is 12.1 Å². The molecule has 1 heterocycles. The predicted molar refractivity (Wildman–Crippen MR) is 65.8 cm³/mol. The van der Waals surface area contributed by atoms with Gasteiger partial charge in [-0.2, -0.15) is 0 Å². The van der Waals surface area contributed by atoms with Crippen LogP contribution in [0.4, 0.5) is 5.69 Å². The summed E-state index contributed by atoms with van der Waals surface area (Å²) < 4.78 is 5.02. The van der Waals surface area contributed by atoms with Crippen LogP contribution in [0.25, 0.3) is 11.1 Å². The van der Waals surface area contributed by atoms with E-state index in [1.165, 1.54) is 0 Å². The van der Waals surface area contributed by atoms with Gasteiger partial charge in [0.05, 0.1) is 7.11 Å². The van der Waals surface area contributed by atoms with Crippen LogP contribution in [0.1, 0.15) is 0 Å². The molecule has 0 bridgehead atoms. The second-order valence-corrected chi connectivity index (χ2v) is 3.42. The number of aromatic nitrogens is 1. The van der Waals surface area contributed by atoms with Crippen LogP contribution in [0.5, 0.6) is 5.88 Å². The Morgan fingerprint density at radius 3 is 2.19 bits per heavy atom. The quantitative estimate of drug-likeness (QED) is 0.853. The molecule has 0 fully saturated rings. The van der Waals surface area contributed by atoms with Gasteiger partial charge < -0.3 is 10.1 Å². The van der Waals surface area contributed by atoms with Gasteiger partial charge in [0.15, 0.2) is 0 Å². The predicted octanol–water partition coefficient (Wildman–Crippen LogP) is 2.80. The van der Waals surface area contributed by atoms with E-state index < -0.39 is 0 Å². The maximum Gasteiger partial charge on any atom is 0.212 e. The maximum atomic E-state index is 5.02. The number of hydrogen-bond acceptors (Lipinski definition) is 3. The van der Waals surface area contributed by atoms with Gasteiger partial charge in [0.25, 0.3) is 0 Å². The first-order valence-corrected chi connectivity index (χ1v) is 5.11. The first kappa shape index (κ1) is 10.5. The maximum absolute atomic E-state index is 5.02. The Hall–Kier alpha value is -2.03. The van der Waals surface area contributed by atoms with E-state index in [-0.39, 0.29) is 0 Å². The first-order chi connectivity index (χ1) is 7.83. The molecule has 1 N–H and O–H groups in total. The number of hydrogen-bond donors (Lipinski definition) is 1. The smallest absolute Gasteiger partial charge is 0.212 e. The number of rotatable bonds is 3. The summed E-state index contributed by atoms with van der Waals surface area (Å²) in [5.74, 6) is 0.635. The number of anilines is 1. The van der Waals surface area contributed by atoms with Crippen LogP contribution in [0.15, 0.2) is 42.6 Å². The van der Waals surface area contributed by atoms with E-state index in [0.29, 0.717) is 5.88 Å². The molecule has 0 aliphatic rings. The number of benzene rings is 1. The summed E-state index contributed by atoms with van der Waals surface area (Å²) in [7, 11) is 3.52. The molecule has 1 aromatic heterocycles. The van der Waals surface area contributed by atoms with Crippen molar-refractivity contribution >= 4 is 5.69 Å². The van der Waals surface area contributed by atoms with Crippen molar-refractivity contribution in [3.05, 3.63) is 42.6 Å². The molecule has 0 unspecified atom stereocenters. The van der Waals surface area contributed by atoms with E-state index in [0.717, 1.165) is 16.8 Å². The second-order valence-electron chi connectivity index (χ2n) is 3.42. The van der Waals surface area contributed by atoms with Crippen molar-refractivity contribution in [2.75, 3.05) is 19.5 Å². The highest BCUT2D eigenvalue weighted by atomic mass is 16.5. The van der Waals surface area contributed by atoms with Gasteiger partial charge in [-0.15, -0.1) is 0 Å². The molecule has 0 saturated heterocycles. The first-order valence-electron chi connectivity index (χ1n) is 5.11. The van der Waals surface area contributed by atoms with E-state index in [2.05, 4.69) is 22.4 Å². The summed E-state index contributed by atoms with van der Waals surface area (Å²) in [6.45, 7) is 0. The second kappa shape index (κ2) is 4.66. The molecule has 0 atom stereocenters. The molecule has 3 heteroatoms. The largest absolute Gasteiger partial charge is 0.481 e. The van der Waals surface area contributed by atoms with Crippen LogP contribution in [0.3, 0.4) is 0 Å². The molecular weight excluding hydrogens is 200 g/mol. The van der Waals surface area contributed by atoms with Crippen LogP contribution in [0, 0.1) is 0 Å². The SMILES string of the molecule is CNc1ccc(-c2ccc(OC)nc2)cc1. The molecule has 0 aliphatic carbocycles. The molecule has 2 rings (SSSR count). The molecule has 82 valence electrons. The van der Waals surface area contributed by atoms with Crippen LogP contribution in [0.2, 0.25) is 0 Å². The van der Waals surface area contributed by atoms with Crippen LogP contribution >= 0.6 is 0 Å². The van der Waals surface area contributed by atoms with Crippen LogP contribution in [-0.4, -0.2) is 19.1 Å². The van der Waals surface area contributed by atoms with Gasteiger partial charge in [-0.3, -0.25) is 0 Å².